The molecule has 0 aliphatic carbocycles. The molecule has 4 rings (SSSR count). The molecule has 4 nitrogen and oxygen atoms in total. The zero-order chi connectivity index (χ0) is 24.1. The number of nitrogens with one attached hydrogen (secondary N) is 2. The number of aryl methyl sites for hydroxylation is 1. The van der Waals surface area contributed by atoms with Crippen LogP contribution in [0.1, 0.15) is 27.0 Å². The van der Waals surface area contributed by atoms with Crippen LogP contribution in [-0.2, 0) is 6.54 Å². The Morgan fingerprint density at radius 2 is 1.59 bits per heavy atom. The normalized spacial score (nSPS) is 10.6. The first kappa shape index (κ1) is 23.0. The molecule has 1 amide bonds. The van der Waals surface area contributed by atoms with Gasteiger partial charge in [-0.3, -0.25) is 4.79 Å². The summed E-state index contributed by atoms with van der Waals surface area (Å²) in [6.45, 7) is 3.83. The number of amides is 1. The molecule has 0 spiro atoms. The lowest BCUT2D eigenvalue weighted by molar-refractivity contribution is 0.0950. The maximum Gasteiger partial charge on any atom is 0.251 e. The second-order valence-electron chi connectivity index (χ2n) is 7.96. The standard InChI is InChI=1S/C28H24F2N2O2/c1-18-7-3-4-11-26(18)32-23-8-5-9-24(16-23)34-27-12-6-10-25(19(27)2)28(33)31-17-20-13-21(29)15-22(30)14-20/h3-16,32H,17H2,1-2H3,(H,31,33). The van der Waals surface area contributed by atoms with Crippen molar-refractivity contribution in [2.75, 3.05) is 5.32 Å². The maximum atomic E-state index is 13.4. The van der Waals surface area contributed by atoms with Gasteiger partial charge in [-0.2, -0.15) is 0 Å². The number of ether oxygens (including phenoxy) is 1. The van der Waals surface area contributed by atoms with E-state index in [0.717, 1.165) is 23.0 Å². The molecule has 0 bridgehead atoms. The predicted molar refractivity (Wildman–Crippen MR) is 130 cm³/mol. The van der Waals surface area contributed by atoms with Crippen LogP contribution in [-0.4, -0.2) is 5.91 Å². The molecule has 0 radical (unpaired) electrons. The van der Waals surface area contributed by atoms with Crippen LogP contribution in [0.25, 0.3) is 0 Å². The van der Waals surface area contributed by atoms with Gasteiger partial charge in [0, 0.05) is 41.2 Å². The van der Waals surface area contributed by atoms with Crippen LogP contribution in [0.15, 0.2) is 84.9 Å². The predicted octanol–water partition coefficient (Wildman–Crippen LogP) is 7.05. The summed E-state index contributed by atoms with van der Waals surface area (Å²) in [5.41, 5.74) is 4.43. The summed E-state index contributed by atoms with van der Waals surface area (Å²) in [7, 11) is 0. The number of benzene rings is 4. The highest BCUT2D eigenvalue weighted by Gasteiger charge is 2.14. The van der Waals surface area contributed by atoms with Crippen molar-refractivity contribution in [3.8, 4) is 11.5 Å². The first-order valence-corrected chi connectivity index (χ1v) is 10.8. The molecule has 0 saturated carbocycles. The molecule has 4 aromatic rings. The molecular weight excluding hydrogens is 434 g/mol. The van der Waals surface area contributed by atoms with E-state index in [4.69, 9.17) is 4.74 Å². The summed E-state index contributed by atoms with van der Waals surface area (Å²) in [6, 6.07) is 23.9. The smallest absolute Gasteiger partial charge is 0.251 e. The van der Waals surface area contributed by atoms with Crippen molar-refractivity contribution in [1.29, 1.82) is 0 Å². The van der Waals surface area contributed by atoms with E-state index >= 15 is 0 Å². The van der Waals surface area contributed by atoms with Gasteiger partial charge >= 0.3 is 0 Å². The van der Waals surface area contributed by atoms with Crippen molar-refractivity contribution in [3.05, 3.63) is 119 Å². The number of hydrogen-bond donors (Lipinski definition) is 2. The van der Waals surface area contributed by atoms with Crippen molar-refractivity contribution in [3.63, 3.8) is 0 Å². The minimum atomic E-state index is -0.685. The second kappa shape index (κ2) is 10.2. The third kappa shape index (κ3) is 5.59. The lowest BCUT2D eigenvalue weighted by Gasteiger charge is -2.14. The molecule has 0 heterocycles. The van der Waals surface area contributed by atoms with Gasteiger partial charge < -0.3 is 15.4 Å². The Hall–Kier alpha value is -4.19. The molecule has 0 saturated heterocycles. The molecule has 0 atom stereocenters. The molecule has 0 unspecified atom stereocenters. The maximum absolute atomic E-state index is 13.4. The van der Waals surface area contributed by atoms with Gasteiger partial charge in [0.15, 0.2) is 0 Å². The molecule has 172 valence electrons. The van der Waals surface area contributed by atoms with Crippen molar-refractivity contribution in [1.82, 2.24) is 5.32 Å². The van der Waals surface area contributed by atoms with E-state index in [9.17, 15) is 13.6 Å². The average Bonchev–Trinajstić information content (AvgIpc) is 2.80. The first-order chi connectivity index (χ1) is 16.4. The van der Waals surface area contributed by atoms with E-state index < -0.39 is 11.6 Å². The van der Waals surface area contributed by atoms with E-state index in [1.54, 1.807) is 25.1 Å². The van der Waals surface area contributed by atoms with Gasteiger partial charge in [-0.15, -0.1) is 0 Å². The quantitative estimate of drug-likeness (QED) is 0.312. The fourth-order valence-electron chi connectivity index (χ4n) is 3.59. The fourth-order valence-corrected chi connectivity index (χ4v) is 3.59. The Balaban J connectivity index is 1.47. The Labute approximate surface area is 197 Å². The fraction of sp³-hybridized carbons (Fsp3) is 0.107. The van der Waals surface area contributed by atoms with E-state index in [-0.39, 0.29) is 12.5 Å². The Kier molecular flexibility index (Phi) is 6.87. The van der Waals surface area contributed by atoms with Crippen LogP contribution in [0.2, 0.25) is 0 Å². The number of carbonyl (C=O) groups excluding carboxylic acids is 1. The minimum Gasteiger partial charge on any atom is -0.457 e. The largest absolute Gasteiger partial charge is 0.457 e. The van der Waals surface area contributed by atoms with Crippen molar-refractivity contribution < 1.29 is 18.3 Å². The number of halogens is 2. The molecular formula is C28H24F2N2O2. The van der Waals surface area contributed by atoms with E-state index in [1.165, 1.54) is 12.1 Å². The van der Waals surface area contributed by atoms with Crippen LogP contribution < -0.4 is 15.4 Å². The molecule has 4 aromatic carbocycles. The summed E-state index contributed by atoms with van der Waals surface area (Å²) in [5, 5.41) is 6.09. The highest BCUT2D eigenvalue weighted by atomic mass is 19.1. The highest BCUT2D eigenvalue weighted by Crippen LogP contribution is 2.30. The summed E-state index contributed by atoms with van der Waals surface area (Å²) in [6.07, 6.45) is 0. The van der Waals surface area contributed by atoms with Crippen LogP contribution in [0.5, 0.6) is 11.5 Å². The van der Waals surface area contributed by atoms with Crippen molar-refractivity contribution in [2.24, 2.45) is 0 Å². The highest BCUT2D eigenvalue weighted by molar-refractivity contribution is 5.96. The number of hydrogen-bond acceptors (Lipinski definition) is 3. The summed E-state index contributed by atoms with van der Waals surface area (Å²) < 4.78 is 32.9. The number of para-hydroxylation sites is 1. The van der Waals surface area contributed by atoms with Crippen LogP contribution >= 0.6 is 0 Å². The van der Waals surface area contributed by atoms with Gasteiger partial charge in [0.05, 0.1) is 0 Å². The van der Waals surface area contributed by atoms with Gasteiger partial charge in [0.1, 0.15) is 23.1 Å². The average molecular weight is 459 g/mol. The number of rotatable bonds is 7. The summed E-state index contributed by atoms with van der Waals surface area (Å²) in [4.78, 5) is 12.7. The molecule has 2 N–H and O–H groups in total. The minimum absolute atomic E-state index is 0.00462. The lowest BCUT2D eigenvalue weighted by Crippen LogP contribution is -2.23. The van der Waals surface area contributed by atoms with Gasteiger partial charge in [0.25, 0.3) is 5.91 Å². The number of carbonyl (C=O) groups is 1. The van der Waals surface area contributed by atoms with Crippen LogP contribution in [0.4, 0.5) is 20.2 Å². The number of anilines is 2. The Morgan fingerprint density at radius 1 is 0.853 bits per heavy atom. The molecule has 0 aliphatic rings. The molecule has 34 heavy (non-hydrogen) atoms. The first-order valence-electron chi connectivity index (χ1n) is 10.8. The van der Waals surface area contributed by atoms with E-state index in [0.29, 0.717) is 28.2 Å². The van der Waals surface area contributed by atoms with Crippen molar-refractivity contribution in [2.45, 2.75) is 20.4 Å². The molecule has 0 fully saturated rings. The van der Waals surface area contributed by atoms with Crippen molar-refractivity contribution >= 4 is 17.3 Å². The van der Waals surface area contributed by atoms with E-state index in [2.05, 4.69) is 10.6 Å². The zero-order valence-electron chi connectivity index (χ0n) is 18.9. The monoisotopic (exact) mass is 458 g/mol. The molecule has 0 aliphatic heterocycles. The van der Waals surface area contributed by atoms with Crippen LogP contribution in [0, 0.1) is 25.5 Å². The Morgan fingerprint density at radius 3 is 2.35 bits per heavy atom. The molecule has 6 heteroatoms. The SMILES string of the molecule is Cc1ccccc1Nc1cccc(Oc2cccc(C(=O)NCc3cc(F)cc(F)c3)c2C)c1. The third-order valence-corrected chi connectivity index (χ3v) is 5.39. The van der Waals surface area contributed by atoms with Gasteiger partial charge in [-0.05, 0) is 67.4 Å². The lowest BCUT2D eigenvalue weighted by atomic mass is 10.1. The topological polar surface area (TPSA) is 50.4 Å². The molecule has 0 aromatic heterocycles. The second-order valence-corrected chi connectivity index (χ2v) is 7.96. The Bertz CT molecular complexity index is 1320. The zero-order valence-corrected chi connectivity index (χ0v) is 18.9. The summed E-state index contributed by atoms with van der Waals surface area (Å²) in [5.74, 6) is -0.570. The van der Waals surface area contributed by atoms with Gasteiger partial charge in [0.2, 0.25) is 0 Å². The third-order valence-electron chi connectivity index (χ3n) is 5.39. The van der Waals surface area contributed by atoms with E-state index in [1.807, 2.05) is 55.5 Å². The van der Waals surface area contributed by atoms with Gasteiger partial charge in [-0.25, -0.2) is 8.78 Å². The van der Waals surface area contributed by atoms with Gasteiger partial charge in [-0.1, -0.05) is 30.3 Å². The van der Waals surface area contributed by atoms with Crippen LogP contribution in [0.3, 0.4) is 0 Å². The summed E-state index contributed by atoms with van der Waals surface area (Å²) >= 11 is 0.